The molecule has 0 saturated heterocycles. The average molecular weight is 285 g/mol. The summed E-state index contributed by atoms with van der Waals surface area (Å²) < 4.78 is 0.991. The Morgan fingerprint density at radius 3 is 2.88 bits per heavy atom. The summed E-state index contributed by atoms with van der Waals surface area (Å²) in [7, 11) is 0. The highest BCUT2D eigenvalue weighted by molar-refractivity contribution is 9.10. The van der Waals surface area contributed by atoms with Crippen LogP contribution in [0.25, 0.3) is 0 Å². The smallest absolute Gasteiger partial charge is 0.225 e. The summed E-state index contributed by atoms with van der Waals surface area (Å²) in [5.41, 5.74) is 7.59. The molecule has 0 bridgehead atoms. The minimum Gasteiger partial charge on any atom is -0.327 e. The fraction of sp³-hybridized carbons (Fsp3) is 0.417. The van der Waals surface area contributed by atoms with Gasteiger partial charge in [-0.3, -0.25) is 4.79 Å². The third kappa shape index (κ3) is 3.61. The molecule has 1 rings (SSSR count). The normalized spacial score (nSPS) is 12.2. The van der Waals surface area contributed by atoms with Gasteiger partial charge in [-0.05, 0) is 31.0 Å². The Hall–Kier alpha value is -0.870. The van der Waals surface area contributed by atoms with Crippen molar-refractivity contribution in [2.24, 2.45) is 5.73 Å². The summed E-state index contributed by atoms with van der Waals surface area (Å²) in [5.74, 6) is -0.0319. The van der Waals surface area contributed by atoms with Gasteiger partial charge in [0.2, 0.25) is 5.91 Å². The van der Waals surface area contributed by atoms with E-state index in [1.165, 1.54) is 0 Å². The van der Waals surface area contributed by atoms with Gasteiger partial charge in [0.15, 0.2) is 0 Å². The zero-order chi connectivity index (χ0) is 12.1. The number of hydrogen-bond acceptors (Lipinski definition) is 2. The molecule has 1 atom stereocenters. The predicted molar refractivity (Wildman–Crippen MR) is 70.4 cm³/mol. The second-order valence-electron chi connectivity index (χ2n) is 3.83. The van der Waals surface area contributed by atoms with Crippen molar-refractivity contribution in [1.29, 1.82) is 0 Å². The van der Waals surface area contributed by atoms with Crippen molar-refractivity contribution in [2.45, 2.75) is 32.7 Å². The summed E-state index contributed by atoms with van der Waals surface area (Å²) in [6.45, 7) is 3.93. The molecule has 1 unspecified atom stereocenters. The van der Waals surface area contributed by atoms with E-state index in [2.05, 4.69) is 21.2 Å². The molecule has 0 heterocycles. The Bertz CT molecular complexity index is 379. The highest BCUT2D eigenvalue weighted by Gasteiger charge is 2.09. The van der Waals surface area contributed by atoms with E-state index >= 15 is 0 Å². The number of halogens is 1. The molecule has 0 radical (unpaired) electrons. The minimum absolute atomic E-state index is 0.0319. The van der Waals surface area contributed by atoms with Gasteiger partial charge < -0.3 is 11.1 Å². The SMILES string of the molecule is CCC(N)CC(=O)Nc1cccc(Br)c1C. The third-order valence-corrected chi connectivity index (χ3v) is 3.37. The minimum atomic E-state index is -0.0625. The summed E-state index contributed by atoms with van der Waals surface area (Å²) in [4.78, 5) is 11.6. The maximum absolute atomic E-state index is 11.6. The average Bonchev–Trinajstić information content (AvgIpc) is 2.24. The van der Waals surface area contributed by atoms with Gasteiger partial charge in [-0.1, -0.05) is 28.9 Å². The largest absolute Gasteiger partial charge is 0.327 e. The van der Waals surface area contributed by atoms with Crippen molar-refractivity contribution in [2.75, 3.05) is 5.32 Å². The Morgan fingerprint density at radius 2 is 2.25 bits per heavy atom. The number of nitrogens with one attached hydrogen (secondary N) is 1. The summed E-state index contributed by atoms with van der Waals surface area (Å²) >= 11 is 3.42. The fourth-order valence-electron chi connectivity index (χ4n) is 1.33. The number of hydrogen-bond donors (Lipinski definition) is 2. The van der Waals surface area contributed by atoms with Gasteiger partial charge in [0.1, 0.15) is 0 Å². The van der Waals surface area contributed by atoms with Crippen LogP contribution >= 0.6 is 15.9 Å². The zero-order valence-corrected chi connectivity index (χ0v) is 11.2. The molecular formula is C12H17BrN2O. The molecule has 0 saturated carbocycles. The molecule has 0 spiro atoms. The van der Waals surface area contributed by atoms with Crippen LogP contribution in [-0.4, -0.2) is 11.9 Å². The molecule has 0 aromatic heterocycles. The molecule has 3 N–H and O–H groups in total. The molecule has 3 nitrogen and oxygen atoms in total. The van der Waals surface area contributed by atoms with Gasteiger partial charge in [0.25, 0.3) is 0 Å². The predicted octanol–water partition coefficient (Wildman–Crippen LogP) is 2.82. The van der Waals surface area contributed by atoms with E-state index in [-0.39, 0.29) is 11.9 Å². The second kappa shape index (κ2) is 6.01. The number of nitrogens with two attached hydrogens (primary N) is 1. The van der Waals surface area contributed by atoms with E-state index in [1.807, 2.05) is 32.0 Å². The molecule has 88 valence electrons. The van der Waals surface area contributed by atoms with E-state index in [4.69, 9.17) is 5.73 Å². The molecule has 0 aliphatic carbocycles. The van der Waals surface area contributed by atoms with Crippen LogP contribution in [0.2, 0.25) is 0 Å². The summed E-state index contributed by atoms with van der Waals surface area (Å²) in [6.07, 6.45) is 1.17. The highest BCUT2D eigenvalue weighted by Crippen LogP contribution is 2.23. The van der Waals surface area contributed by atoms with Gasteiger partial charge in [-0.2, -0.15) is 0 Å². The lowest BCUT2D eigenvalue weighted by atomic mass is 10.1. The highest BCUT2D eigenvalue weighted by atomic mass is 79.9. The zero-order valence-electron chi connectivity index (χ0n) is 9.59. The van der Waals surface area contributed by atoms with E-state index in [0.717, 1.165) is 22.1 Å². The Labute approximate surface area is 105 Å². The van der Waals surface area contributed by atoms with Crippen LogP contribution in [0.5, 0.6) is 0 Å². The monoisotopic (exact) mass is 284 g/mol. The number of rotatable bonds is 4. The standard InChI is InChI=1S/C12H17BrN2O/c1-3-9(14)7-12(16)15-11-6-4-5-10(13)8(11)2/h4-6,9H,3,7,14H2,1-2H3,(H,15,16). The van der Waals surface area contributed by atoms with E-state index in [0.29, 0.717) is 6.42 Å². The number of benzene rings is 1. The van der Waals surface area contributed by atoms with Crippen LogP contribution in [0.4, 0.5) is 5.69 Å². The van der Waals surface area contributed by atoms with Crippen molar-refractivity contribution in [3.8, 4) is 0 Å². The Balaban J connectivity index is 2.66. The summed E-state index contributed by atoms with van der Waals surface area (Å²) in [6, 6.07) is 5.66. The van der Waals surface area contributed by atoms with Gasteiger partial charge in [-0.15, -0.1) is 0 Å². The van der Waals surface area contributed by atoms with Gasteiger partial charge in [-0.25, -0.2) is 0 Å². The van der Waals surface area contributed by atoms with Crippen LogP contribution in [0.15, 0.2) is 22.7 Å². The van der Waals surface area contributed by atoms with E-state index < -0.39 is 0 Å². The topological polar surface area (TPSA) is 55.1 Å². The molecule has 1 aromatic rings. The van der Waals surface area contributed by atoms with E-state index in [1.54, 1.807) is 0 Å². The number of amides is 1. The van der Waals surface area contributed by atoms with Crippen LogP contribution < -0.4 is 11.1 Å². The maximum atomic E-state index is 11.6. The lowest BCUT2D eigenvalue weighted by molar-refractivity contribution is -0.116. The number of carbonyl (C=O) groups excluding carboxylic acids is 1. The quantitative estimate of drug-likeness (QED) is 0.893. The first-order chi connectivity index (χ1) is 7.54. The fourth-order valence-corrected chi connectivity index (χ4v) is 1.69. The van der Waals surface area contributed by atoms with Crippen LogP contribution in [0.3, 0.4) is 0 Å². The van der Waals surface area contributed by atoms with Gasteiger partial charge >= 0.3 is 0 Å². The first-order valence-corrected chi connectivity index (χ1v) is 6.14. The lowest BCUT2D eigenvalue weighted by Crippen LogP contribution is -2.26. The van der Waals surface area contributed by atoms with Crippen molar-refractivity contribution in [3.05, 3.63) is 28.2 Å². The Kier molecular flexibility index (Phi) is 4.96. The van der Waals surface area contributed by atoms with Gasteiger partial charge in [0.05, 0.1) is 0 Å². The first kappa shape index (κ1) is 13.2. The Morgan fingerprint density at radius 1 is 1.56 bits per heavy atom. The second-order valence-corrected chi connectivity index (χ2v) is 4.69. The number of anilines is 1. The van der Waals surface area contributed by atoms with Crippen LogP contribution in [0, 0.1) is 6.92 Å². The molecule has 0 fully saturated rings. The molecule has 0 aliphatic rings. The molecule has 1 amide bonds. The van der Waals surface area contributed by atoms with Crippen molar-refractivity contribution in [1.82, 2.24) is 0 Å². The molecule has 1 aromatic carbocycles. The third-order valence-electron chi connectivity index (χ3n) is 2.51. The summed E-state index contributed by atoms with van der Waals surface area (Å²) in [5, 5.41) is 2.87. The maximum Gasteiger partial charge on any atom is 0.225 e. The van der Waals surface area contributed by atoms with E-state index in [9.17, 15) is 4.79 Å². The molecular weight excluding hydrogens is 268 g/mol. The van der Waals surface area contributed by atoms with Crippen molar-refractivity contribution < 1.29 is 4.79 Å². The van der Waals surface area contributed by atoms with Crippen LogP contribution in [0.1, 0.15) is 25.3 Å². The van der Waals surface area contributed by atoms with Gasteiger partial charge in [0, 0.05) is 22.6 Å². The van der Waals surface area contributed by atoms with Crippen molar-refractivity contribution >= 4 is 27.5 Å². The van der Waals surface area contributed by atoms with Crippen LogP contribution in [-0.2, 0) is 4.79 Å². The molecule has 0 aliphatic heterocycles. The molecule has 16 heavy (non-hydrogen) atoms. The number of carbonyl (C=O) groups is 1. The van der Waals surface area contributed by atoms with Crippen molar-refractivity contribution in [3.63, 3.8) is 0 Å². The molecule has 4 heteroatoms. The lowest BCUT2D eigenvalue weighted by Gasteiger charge is -2.11. The first-order valence-electron chi connectivity index (χ1n) is 5.35.